The van der Waals surface area contributed by atoms with Gasteiger partial charge in [0.05, 0.1) is 17.1 Å². The molecule has 1 aromatic carbocycles. The summed E-state index contributed by atoms with van der Waals surface area (Å²) in [5, 5.41) is 0.594. The van der Waals surface area contributed by atoms with Crippen LogP contribution in [0.3, 0.4) is 0 Å². The summed E-state index contributed by atoms with van der Waals surface area (Å²) in [6.07, 6.45) is 1.63. The second-order valence-corrected chi connectivity index (χ2v) is 5.81. The highest BCUT2D eigenvalue weighted by Gasteiger charge is 2.08. The maximum atomic E-state index is 5.93. The molecule has 0 amide bonds. The Kier molecular flexibility index (Phi) is 3.43. The molecule has 6 heteroatoms. The number of nitrogens with zero attached hydrogens (tertiary/aromatic N) is 2. The van der Waals surface area contributed by atoms with Crippen molar-refractivity contribution in [3.63, 3.8) is 0 Å². The molecular weight excluding hydrogens is 346 g/mol. The monoisotopic (exact) mass is 353 g/mol. The van der Waals surface area contributed by atoms with Crippen molar-refractivity contribution in [1.29, 1.82) is 0 Å². The van der Waals surface area contributed by atoms with Crippen molar-refractivity contribution in [2.24, 2.45) is 0 Å². The van der Waals surface area contributed by atoms with Gasteiger partial charge in [-0.25, -0.2) is 4.98 Å². The third kappa shape index (κ3) is 2.45. The lowest BCUT2D eigenvalue weighted by molar-refractivity contribution is 0.798. The van der Waals surface area contributed by atoms with Gasteiger partial charge in [0, 0.05) is 10.7 Å². The van der Waals surface area contributed by atoms with Gasteiger partial charge in [0.2, 0.25) is 0 Å². The smallest absolute Gasteiger partial charge is 0.179 e. The predicted molar refractivity (Wildman–Crippen MR) is 83.2 cm³/mol. The zero-order chi connectivity index (χ0) is 13.4. The van der Waals surface area contributed by atoms with Gasteiger partial charge in [0.15, 0.2) is 10.4 Å². The zero-order valence-corrected chi connectivity index (χ0v) is 12.9. The number of hydrogen-bond acceptors (Lipinski definition) is 2. The van der Waals surface area contributed by atoms with Crippen LogP contribution in [0.1, 0.15) is 5.56 Å². The highest BCUT2D eigenvalue weighted by molar-refractivity contribution is 9.10. The molecule has 96 valence electrons. The molecule has 2 aromatic heterocycles. The Morgan fingerprint density at radius 2 is 2.16 bits per heavy atom. The van der Waals surface area contributed by atoms with Crippen LogP contribution < -0.4 is 0 Å². The van der Waals surface area contributed by atoms with Crippen LogP contribution in [-0.4, -0.2) is 14.5 Å². The number of hydrogen-bond donors (Lipinski definition) is 1. The molecule has 3 nitrogen and oxygen atoms in total. The molecule has 0 saturated carbocycles. The molecule has 0 unspecified atom stereocenters. The summed E-state index contributed by atoms with van der Waals surface area (Å²) in [6.45, 7) is 0.662. The number of fused-ring (bicyclic) bond motifs is 1. The summed E-state index contributed by atoms with van der Waals surface area (Å²) < 4.78 is 3.65. The van der Waals surface area contributed by atoms with Crippen LogP contribution >= 0.6 is 39.7 Å². The van der Waals surface area contributed by atoms with Crippen molar-refractivity contribution >= 4 is 50.9 Å². The van der Waals surface area contributed by atoms with E-state index in [1.165, 1.54) is 0 Å². The molecule has 0 spiro atoms. The van der Waals surface area contributed by atoms with E-state index in [9.17, 15) is 0 Å². The second kappa shape index (κ2) is 5.07. The minimum absolute atomic E-state index is 0.594. The molecule has 0 bridgehead atoms. The fourth-order valence-electron chi connectivity index (χ4n) is 1.96. The zero-order valence-electron chi connectivity index (χ0n) is 9.73. The van der Waals surface area contributed by atoms with Gasteiger partial charge in [-0.15, -0.1) is 0 Å². The topological polar surface area (TPSA) is 33.6 Å². The minimum Gasteiger partial charge on any atom is -0.329 e. The lowest BCUT2D eigenvalue weighted by Gasteiger charge is -2.06. The van der Waals surface area contributed by atoms with Crippen LogP contribution in [0.15, 0.2) is 41.0 Å². The van der Waals surface area contributed by atoms with Crippen molar-refractivity contribution < 1.29 is 0 Å². The predicted octanol–water partition coefficient (Wildman–Crippen LogP) is 4.56. The van der Waals surface area contributed by atoms with E-state index in [-0.39, 0.29) is 0 Å². The average molecular weight is 355 g/mol. The number of aromatic amines is 1. The van der Waals surface area contributed by atoms with E-state index in [1.807, 2.05) is 28.8 Å². The van der Waals surface area contributed by atoms with Gasteiger partial charge in [-0.3, -0.25) is 4.57 Å². The summed E-state index contributed by atoms with van der Waals surface area (Å²) in [5.41, 5.74) is 2.81. The van der Waals surface area contributed by atoms with Crippen LogP contribution in [0, 0.1) is 4.77 Å². The Morgan fingerprint density at radius 3 is 2.95 bits per heavy atom. The SMILES string of the molecule is S=c1[nH]c2cc(Cl)cnc2n1Cc1ccccc1Br. The van der Waals surface area contributed by atoms with Crippen LogP contribution in [0.4, 0.5) is 0 Å². The summed E-state index contributed by atoms with van der Waals surface area (Å²) in [7, 11) is 0. The molecular formula is C13H9BrClN3S. The number of benzene rings is 1. The Hall–Kier alpha value is -1.17. The highest BCUT2D eigenvalue weighted by Crippen LogP contribution is 2.21. The minimum atomic E-state index is 0.594. The van der Waals surface area contributed by atoms with Crippen LogP contribution in [0.2, 0.25) is 5.02 Å². The Labute approximate surface area is 128 Å². The van der Waals surface area contributed by atoms with E-state index in [0.717, 1.165) is 21.2 Å². The van der Waals surface area contributed by atoms with Crippen LogP contribution in [0.5, 0.6) is 0 Å². The van der Waals surface area contributed by atoms with Crippen molar-refractivity contribution in [1.82, 2.24) is 14.5 Å². The molecule has 0 radical (unpaired) electrons. The molecule has 0 fully saturated rings. The number of imidazole rings is 1. The van der Waals surface area contributed by atoms with Gasteiger partial charge in [0.25, 0.3) is 0 Å². The Morgan fingerprint density at radius 1 is 1.37 bits per heavy atom. The molecule has 0 aliphatic rings. The van der Waals surface area contributed by atoms with Gasteiger partial charge in [-0.2, -0.15) is 0 Å². The van der Waals surface area contributed by atoms with E-state index < -0.39 is 0 Å². The summed E-state index contributed by atoms with van der Waals surface area (Å²) in [4.78, 5) is 7.47. The molecule has 0 aliphatic carbocycles. The summed E-state index contributed by atoms with van der Waals surface area (Å²) >= 11 is 14.8. The molecule has 2 heterocycles. The molecule has 1 N–H and O–H groups in total. The first-order chi connectivity index (χ1) is 9.15. The lowest BCUT2D eigenvalue weighted by Crippen LogP contribution is -2.01. The first-order valence-electron chi connectivity index (χ1n) is 5.62. The quantitative estimate of drug-likeness (QED) is 0.685. The molecule has 3 aromatic rings. The summed E-state index contributed by atoms with van der Waals surface area (Å²) in [6, 6.07) is 9.89. The van der Waals surface area contributed by atoms with Crippen LogP contribution in [0.25, 0.3) is 11.2 Å². The molecule has 0 aliphatic heterocycles. The lowest BCUT2D eigenvalue weighted by atomic mass is 10.2. The van der Waals surface area contributed by atoms with E-state index in [0.29, 0.717) is 16.3 Å². The van der Waals surface area contributed by atoms with Crippen molar-refractivity contribution in [3.05, 3.63) is 56.4 Å². The molecule has 19 heavy (non-hydrogen) atoms. The third-order valence-corrected chi connectivity index (χ3v) is 4.16. The molecule has 0 saturated heterocycles. The second-order valence-electron chi connectivity index (χ2n) is 4.13. The van der Waals surface area contributed by atoms with Gasteiger partial charge >= 0.3 is 0 Å². The van der Waals surface area contributed by atoms with E-state index in [4.69, 9.17) is 23.8 Å². The third-order valence-electron chi connectivity index (χ3n) is 2.86. The largest absolute Gasteiger partial charge is 0.329 e. The molecule has 0 atom stereocenters. The first kappa shape index (κ1) is 12.8. The number of H-pyrrole nitrogens is 1. The number of nitrogens with one attached hydrogen (secondary N) is 1. The van der Waals surface area contributed by atoms with E-state index >= 15 is 0 Å². The van der Waals surface area contributed by atoms with Crippen LogP contribution in [-0.2, 0) is 6.54 Å². The van der Waals surface area contributed by atoms with Gasteiger partial charge in [0.1, 0.15) is 0 Å². The first-order valence-corrected chi connectivity index (χ1v) is 7.20. The van der Waals surface area contributed by atoms with Gasteiger partial charge in [-0.05, 0) is 29.9 Å². The number of rotatable bonds is 2. The van der Waals surface area contributed by atoms with Gasteiger partial charge in [-0.1, -0.05) is 45.7 Å². The molecule has 3 rings (SSSR count). The van der Waals surface area contributed by atoms with Crippen molar-refractivity contribution in [3.8, 4) is 0 Å². The number of halogens is 2. The maximum Gasteiger partial charge on any atom is 0.179 e. The van der Waals surface area contributed by atoms with Gasteiger partial charge < -0.3 is 4.98 Å². The normalized spacial score (nSPS) is 11.1. The van der Waals surface area contributed by atoms with E-state index in [2.05, 4.69) is 32.0 Å². The van der Waals surface area contributed by atoms with E-state index in [1.54, 1.807) is 6.20 Å². The maximum absolute atomic E-state index is 5.93. The summed E-state index contributed by atoms with van der Waals surface area (Å²) in [5.74, 6) is 0. The Balaban J connectivity index is 2.13. The number of aromatic nitrogens is 3. The van der Waals surface area contributed by atoms with Crippen molar-refractivity contribution in [2.75, 3.05) is 0 Å². The Bertz CT molecular complexity index is 809. The standard InChI is InChI=1S/C13H9BrClN3S/c14-10-4-2-1-3-8(10)7-18-12-11(17-13(18)19)5-9(15)6-16-12/h1-6H,7H2,(H,17,19). The van der Waals surface area contributed by atoms with Crippen molar-refractivity contribution in [2.45, 2.75) is 6.54 Å². The highest BCUT2D eigenvalue weighted by atomic mass is 79.9. The number of pyridine rings is 1. The fourth-order valence-corrected chi connectivity index (χ4v) is 2.79. The fraction of sp³-hybridized carbons (Fsp3) is 0.0769. The average Bonchev–Trinajstić information content (AvgIpc) is 2.68.